The molecule has 106 valence electrons. The summed E-state index contributed by atoms with van der Waals surface area (Å²) in [6.07, 6.45) is 7.57. The van der Waals surface area contributed by atoms with Crippen molar-refractivity contribution in [1.29, 1.82) is 0 Å². The molecule has 0 amide bonds. The molecule has 0 aromatic heterocycles. The first-order chi connectivity index (χ1) is 9.10. The highest BCUT2D eigenvalue weighted by atomic mass is 35.5. The molecule has 0 bridgehead atoms. The Balaban J connectivity index is 2.95. The van der Waals surface area contributed by atoms with Crippen molar-refractivity contribution in [2.45, 2.75) is 52.9 Å². The summed E-state index contributed by atoms with van der Waals surface area (Å²) in [5.41, 5.74) is 2.29. The standard InChI is InChI=1S/C17H25ClO/c1-5-7-8-9-13(3)15-12-16(18)14(4)11-17(15)19-10-6-2/h7-8,11-13H,5-6,9-10H2,1-4H3/b8-7-. The highest BCUT2D eigenvalue weighted by molar-refractivity contribution is 6.31. The number of hydrogen-bond acceptors (Lipinski definition) is 1. The predicted octanol–water partition coefficient (Wildman–Crippen LogP) is 5.90. The minimum absolute atomic E-state index is 0.424. The van der Waals surface area contributed by atoms with Crippen molar-refractivity contribution < 1.29 is 4.74 Å². The molecule has 0 aliphatic carbocycles. The molecular formula is C17H25ClO. The van der Waals surface area contributed by atoms with Gasteiger partial charge in [0.05, 0.1) is 6.61 Å². The molecule has 0 saturated heterocycles. The summed E-state index contributed by atoms with van der Waals surface area (Å²) in [4.78, 5) is 0. The number of ether oxygens (including phenoxy) is 1. The Kier molecular flexibility index (Phi) is 7.01. The van der Waals surface area contributed by atoms with E-state index in [-0.39, 0.29) is 0 Å². The molecule has 1 rings (SSSR count). The van der Waals surface area contributed by atoms with Gasteiger partial charge < -0.3 is 4.74 Å². The van der Waals surface area contributed by atoms with E-state index in [0.717, 1.165) is 42.2 Å². The summed E-state index contributed by atoms with van der Waals surface area (Å²) in [6, 6.07) is 4.12. The van der Waals surface area contributed by atoms with Gasteiger partial charge in [0.2, 0.25) is 0 Å². The molecule has 1 nitrogen and oxygen atoms in total. The Labute approximate surface area is 122 Å². The van der Waals surface area contributed by atoms with Gasteiger partial charge in [-0.1, -0.05) is 44.5 Å². The van der Waals surface area contributed by atoms with Crippen LogP contribution in [0.4, 0.5) is 0 Å². The highest BCUT2D eigenvalue weighted by Gasteiger charge is 2.13. The topological polar surface area (TPSA) is 9.23 Å². The van der Waals surface area contributed by atoms with Crippen molar-refractivity contribution >= 4 is 11.6 Å². The lowest BCUT2D eigenvalue weighted by molar-refractivity contribution is 0.312. The number of hydrogen-bond donors (Lipinski definition) is 0. The van der Waals surface area contributed by atoms with Crippen molar-refractivity contribution in [3.05, 3.63) is 40.4 Å². The van der Waals surface area contributed by atoms with E-state index in [9.17, 15) is 0 Å². The van der Waals surface area contributed by atoms with Crippen molar-refractivity contribution in [3.8, 4) is 5.75 Å². The fourth-order valence-electron chi connectivity index (χ4n) is 1.99. The smallest absolute Gasteiger partial charge is 0.123 e. The monoisotopic (exact) mass is 280 g/mol. The van der Waals surface area contributed by atoms with Crippen LogP contribution in [0.15, 0.2) is 24.3 Å². The third-order valence-electron chi connectivity index (χ3n) is 3.18. The number of rotatable bonds is 7. The third-order valence-corrected chi connectivity index (χ3v) is 3.58. The first-order valence-corrected chi connectivity index (χ1v) is 7.55. The van der Waals surface area contributed by atoms with Crippen LogP contribution in [0.3, 0.4) is 0 Å². The lowest BCUT2D eigenvalue weighted by Crippen LogP contribution is -2.02. The van der Waals surface area contributed by atoms with Crippen LogP contribution in [0.2, 0.25) is 5.02 Å². The van der Waals surface area contributed by atoms with Crippen LogP contribution < -0.4 is 4.74 Å². The fraction of sp³-hybridized carbons (Fsp3) is 0.529. The molecule has 0 aliphatic heterocycles. The van der Waals surface area contributed by atoms with Crippen LogP contribution >= 0.6 is 11.6 Å². The van der Waals surface area contributed by atoms with Gasteiger partial charge in [0.25, 0.3) is 0 Å². The van der Waals surface area contributed by atoms with Gasteiger partial charge >= 0.3 is 0 Å². The zero-order valence-corrected chi connectivity index (χ0v) is 13.3. The summed E-state index contributed by atoms with van der Waals surface area (Å²) >= 11 is 6.25. The zero-order valence-electron chi connectivity index (χ0n) is 12.5. The number of aryl methyl sites for hydroxylation is 1. The Morgan fingerprint density at radius 3 is 2.63 bits per heavy atom. The summed E-state index contributed by atoms with van der Waals surface area (Å²) in [7, 11) is 0. The highest BCUT2D eigenvalue weighted by Crippen LogP contribution is 2.34. The second-order valence-corrected chi connectivity index (χ2v) is 5.41. The van der Waals surface area contributed by atoms with E-state index < -0.39 is 0 Å². The third kappa shape index (κ3) is 4.91. The van der Waals surface area contributed by atoms with Gasteiger partial charge in [-0.2, -0.15) is 0 Å². The molecule has 1 aromatic rings. The van der Waals surface area contributed by atoms with Gasteiger partial charge in [0.1, 0.15) is 5.75 Å². The van der Waals surface area contributed by atoms with Gasteiger partial charge in [-0.3, -0.25) is 0 Å². The maximum Gasteiger partial charge on any atom is 0.123 e. The number of benzene rings is 1. The molecular weight excluding hydrogens is 256 g/mol. The predicted molar refractivity (Wildman–Crippen MR) is 84.4 cm³/mol. The van der Waals surface area contributed by atoms with Crippen LogP contribution in [-0.2, 0) is 0 Å². The lowest BCUT2D eigenvalue weighted by Gasteiger charge is -2.17. The van der Waals surface area contributed by atoms with E-state index in [1.807, 2.05) is 6.92 Å². The molecule has 0 spiro atoms. The first kappa shape index (κ1) is 16.1. The van der Waals surface area contributed by atoms with E-state index in [1.54, 1.807) is 0 Å². The SMILES string of the molecule is CC/C=C\CC(C)c1cc(Cl)c(C)cc1OCCC. The minimum Gasteiger partial charge on any atom is -0.493 e. The zero-order chi connectivity index (χ0) is 14.3. The van der Waals surface area contributed by atoms with Gasteiger partial charge in [0.15, 0.2) is 0 Å². The van der Waals surface area contributed by atoms with Crippen molar-refractivity contribution in [2.75, 3.05) is 6.61 Å². The van der Waals surface area contributed by atoms with Crippen molar-refractivity contribution in [3.63, 3.8) is 0 Å². The lowest BCUT2D eigenvalue weighted by atomic mass is 9.95. The van der Waals surface area contributed by atoms with E-state index in [2.05, 4.69) is 45.1 Å². The molecule has 1 aromatic carbocycles. The van der Waals surface area contributed by atoms with Gasteiger partial charge in [-0.15, -0.1) is 0 Å². The summed E-state index contributed by atoms with van der Waals surface area (Å²) in [6.45, 7) is 9.27. The Bertz CT molecular complexity index is 424. The fourth-order valence-corrected chi connectivity index (χ4v) is 2.16. The molecule has 0 heterocycles. The first-order valence-electron chi connectivity index (χ1n) is 7.17. The normalized spacial score (nSPS) is 12.9. The summed E-state index contributed by atoms with van der Waals surface area (Å²) in [5, 5.41) is 0.824. The molecule has 0 fully saturated rings. The maximum atomic E-state index is 6.25. The molecule has 2 heteroatoms. The maximum absolute atomic E-state index is 6.25. The largest absolute Gasteiger partial charge is 0.493 e. The second kappa shape index (κ2) is 8.27. The summed E-state index contributed by atoms with van der Waals surface area (Å²) in [5.74, 6) is 1.41. The van der Waals surface area contributed by atoms with Gasteiger partial charge in [-0.05, 0) is 55.4 Å². The molecule has 0 radical (unpaired) electrons. The van der Waals surface area contributed by atoms with Crippen LogP contribution in [0.25, 0.3) is 0 Å². The molecule has 0 N–H and O–H groups in total. The number of halogens is 1. The van der Waals surface area contributed by atoms with Crippen LogP contribution in [0.5, 0.6) is 5.75 Å². The molecule has 1 unspecified atom stereocenters. The van der Waals surface area contributed by atoms with Crippen molar-refractivity contribution in [1.82, 2.24) is 0 Å². The van der Waals surface area contributed by atoms with Crippen LogP contribution in [0.1, 0.15) is 57.1 Å². The molecule has 0 saturated carbocycles. The summed E-state index contributed by atoms with van der Waals surface area (Å²) < 4.78 is 5.87. The molecule has 0 aliphatic rings. The Morgan fingerprint density at radius 1 is 1.26 bits per heavy atom. The average molecular weight is 281 g/mol. The van der Waals surface area contributed by atoms with E-state index in [4.69, 9.17) is 16.3 Å². The molecule has 19 heavy (non-hydrogen) atoms. The van der Waals surface area contributed by atoms with E-state index >= 15 is 0 Å². The number of allylic oxidation sites excluding steroid dienone is 2. The van der Waals surface area contributed by atoms with Gasteiger partial charge in [-0.25, -0.2) is 0 Å². The van der Waals surface area contributed by atoms with E-state index in [0.29, 0.717) is 5.92 Å². The van der Waals surface area contributed by atoms with E-state index in [1.165, 1.54) is 5.56 Å². The average Bonchev–Trinajstić information content (AvgIpc) is 2.39. The van der Waals surface area contributed by atoms with Crippen LogP contribution in [0, 0.1) is 6.92 Å². The Hall–Kier alpha value is -0.950. The van der Waals surface area contributed by atoms with Crippen LogP contribution in [-0.4, -0.2) is 6.61 Å². The quantitative estimate of drug-likeness (QED) is 0.565. The Morgan fingerprint density at radius 2 is 2.00 bits per heavy atom. The van der Waals surface area contributed by atoms with Crippen molar-refractivity contribution in [2.24, 2.45) is 0 Å². The molecule has 1 atom stereocenters. The van der Waals surface area contributed by atoms with Gasteiger partial charge in [0, 0.05) is 5.02 Å². The minimum atomic E-state index is 0.424. The second-order valence-electron chi connectivity index (χ2n) is 5.00.